The summed E-state index contributed by atoms with van der Waals surface area (Å²) in [5.74, 6) is 0.732. The summed E-state index contributed by atoms with van der Waals surface area (Å²) >= 11 is 5.78. The summed E-state index contributed by atoms with van der Waals surface area (Å²) < 4.78 is 11.0. The number of hydrogen-bond donors (Lipinski definition) is 1. The predicted molar refractivity (Wildman–Crippen MR) is 71.2 cm³/mol. The van der Waals surface area contributed by atoms with Crippen molar-refractivity contribution in [2.24, 2.45) is 0 Å². The van der Waals surface area contributed by atoms with Crippen LogP contribution in [0.2, 0.25) is 5.02 Å². The van der Waals surface area contributed by atoms with Gasteiger partial charge in [-0.3, -0.25) is 0 Å². The van der Waals surface area contributed by atoms with E-state index in [2.05, 4.69) is 0 Å². The maximum atomic E-state index is 9.82. The van der Waals surface area contributed by atoms with Crippen molar-refractivity contribution in [1.82, 2.24) is 0 Å². The van der Waals surface area contributed by atoms with Crippen molar-refractivity contribution in [3.8, 4) is 5.75 Å². The molecule has 0 spiro atoms. The van der Waals surface area contributed by atoms with E-state index in [1.807, 2.05) is 0 Å². The summed E-state index contributed by atoms with van der Waals surface area (Å²) in [5.41, 5.74) is 0. The largest absolute Gasteiger partial charge is 0.491 e. The molecule has 1 N–H and O–H groups in total. The monoisotopic (exact) mass is 270 g/mol. The highest BCUT2D eigenvalue weighted by molar-refractivity contribution is 6.30. The number of aliphatic hydroxyl groups is 1. The van der Waals surface area contributed by atoms with Gasteiger partial charge in [-0.05, 0) is 49.9 Å². The zero-order chi connectivity index (χ0) is 12.8. The Kier molecular flexibility index (Phi) is 5.29. The minimum absolute atomic E-state index is 0.314. The maximum absolute atomic E-state index is 9.82. The summed E-state index contributed by atoms with van der Waals surface area (Å²) in [4.78, 5) is 0. The molecule has 1 saturated heterocycles. The summed E-state index contributed by atoms with van der Waals surface area (Å²) in [6.07, 6.45) is 3.77. The van der Waals surface area contributed by atoms with Crippen LogP contribution in [0.1, 0.15) is 25.7 Å². The first-order valence-electron chi connectivity index (χ1n) is 6.42. The molecule has 0 amide bonds. The van der Waals surface area contributed by atoms with Crippen molar-refractivity contribution in [2.45, 2.75) is 37.9 Å². The van der Waals surface area contributed by atoms with E-state index in [0.717, 1.165) is 38.0 Å². The fraction of sp³-hybridized carbons (Fsp3) is 0.571. The lowest BCUT2D eigenvalue weighted by Crippen LogP contribution is -2.19. The molecular weight excluding hydrogens is 252 g/mol. The molecule has 1 fully saturated rings. The highest BCUT2D eigenvalue weighted by Gasteiger charge is 2.17. The van der Waals surface area contributed by atoms with Gasteiger partial charge in [0.05, 0.1) is 12.2 Å². The van der Waals surface area contributed by atoms with Crippen molar-refractivity contribution in [3.63, 3.8) is 0 Å². The molecule has 2 unspecified atom stereocenters. The van der Waals surface area contributed by atoms with Crippen molar-refractivity contribution in [3.05, 3.63) is 29.3 Å². The number of halogens is 1. The Morgan fingerprint density at radius 2 is 2.17 bits per heavy atom. The Labute approximate surface area is 113 Å². The quantitative estimate of drug-likeness (QED) is 0.864. The van der Waals surface area contributed by atoms with Gasteiger partial charge in [0.25, 0.3) is 0 Å². The average Bonchev–Trinajstić information content (AvgIpc) is 2.89. The van der Waals surface area contributed by atoms with Crippen LogP contribution in [0, 0.1) is 0 Å². The van der Waals surface area contributed by atoms with E-state index in [0.29, 0.717) is 17.7 Å². The van der Waals surface area contributed by atoms with E-state index >= 15 is 0 Å². The number of aliphatic hydroxyl groups excluding tert-OH is 1. The van der Waals surface area contributed by atoms with Crippen LogP contribution < -0.4 is 4.74 Å². The van der Waals surface area contributed by atoms with Gasteiger partial charge in [0.1, 0.15) is 12.4 Å². The molecule has 0 aliphatic carbocycles. The Morgan fingerprint density at radius 3 is 2.83 bits per heavy atom. The molecule has 0 bridgehead atoms. The Hall–Kier alpha value is -0.770. The lowest BCUT2D eigenvalue weighted by atomic mass is 10.1. The van der Waals surface area contributed by atoms with Gasteiger partial charge in [-0.25, -0.2) is 0 Å². The van der Waals surface area contributed by atoms with Crippen LogP contribution in [0.3, 0.4) is 0 Å². The molecule has 0 radical (unpaired) electrons. The van der Waals surface area contributed by atoms with Gasteiger partial charge in [-0.2, -0.15) is 0 Å². The number of hydrogen-bond acceptors (Lipinski definition) is 3. The Balaban J connectivity index is 1.64. The van der Waals surface area contributed by atoms with E-state index in [1.165, 1.54) is 0 Å². The lowest BCUT2D eigenvalue weighted by molar-refractivity contribution is 0.0622. The Morgan fingerprint density at radius 1 is 1.39 bits per heavy atom. The van der Waals surface area contributed by atoms with E-state index in [1.54, 1.807) is 24.3 Å². The third-order valence-corrected chi connectivity index (χ3v) is 3.35. The molecule has 1 aromatic carbocycles. The van der Waals surface area contributed by atoms with Gasteiger partial charge < -0.3 is 14.6 Å². The highest BCUT2D eigenvalue weighted by atomic mass is 35.5. The molecule has 1 heterocycles. The molecule has 18 heavy (non-hydrogen) atoms. The zero-order valence-corrected chi connectivity index (χ0v) is 11.1. The minimum Gasteiger partial charge on any atom is -0.491 e. The molecule has 0 aromatic heterocycles. The summed E-state index contributed by atoms with van der Waals surface area (Å²) in [5, 5.41) is 10.5. The van der Waals surface area contributed by atoms with E-state index in [4.69, 9.17) is 21.1 Å². The molecule has 1 aliphatic heterocycles. The minimum atomic E-state index is -0.440. The Bertz CT molecular complexity index is 347. The summed E-state index contributed by atoms with van der Waals surface area (Å²) in [6.45, 7) is 1.18. The fourth-order valence-electron chi connectivity index (χ4n) is 2.06. The second-order valence-electron chi connectivity index (χ2n) is 4.63. The van der Waals surface area contributed by atoms with E-state index in [-0.39, 0.29) is 0 Å². The van der Waals surface area contributed by atoms with Crippen molar-refractivity contribution in [2.75, 3.05) is 13.2 Å². The van der Waals surface area contributed by atoms with Gasteiger partial charge in [0, 0.05) is 11.6 Å². The van der Waals surface area contributed by atoms with Crippen molar-refractivity contribution in [1.29, 1.82) is 0 Å². The van der Waals surface area contributed by atoms with Crippen LogP contribution in [0.5, 0.6) is 5.75 Å². The summed E-state index contributed by atoms with van der Waals surface area (Å²) in [7, 11) is 0. The van der Waals surface area contributed by atoms with E-state index < -0.39 is 6.10 Å². The van der Waals surface area contributed by atoms with Crippen molar-refractivity contribution >= 4 is 11.6 Å². The third-order valence-electron chi connectivity index (χ3n) is 3.10. The normalized spacial score (nSPS) is 20.9. The topological polar surface area (TPSA) is 38.7 Å². The molecule has 0 saturated carbocycles. The first-order valence-corrected chi connectivity index (χ1v) is 6.80. The highest BCUT2D eigenvalue weighted by Crippen LogP contribution is 2.19. The predicted octanol–water partition coefficient (Wildman–Crippen LogP) is 3.04. The second-order valence-corrected chi connectivity index (χ2v) is 5.07. The maximum Gasteiger partial charge on any atom is 0.119 e. The zero-order valence-electron chi connectivity index (χ0n) is 10.3. The fourth-order valence-corrected chi connectivity index (χ4v) is 2.18. The van der Waals surface area contributed by atoms with Crippen LogP contribution >= 0.6 is 11.6 Å². The molecule has 4 heteroatoms. The SMILES string of the molecule is OC(CCC1CCCO1)COc1ccc(Cl)cc1. The third kappa shape index (κ3) is 4.48. The molecule has 3 nitrogen and oxygen atoms in total. The molecule has 2 rings (SSSR count). The van der Waals surface area contributed by atoms with Crippen LogP contribution in [0.25, 0.3) is 0 Å². The van der Waals surface area contributed by atoms with Gasteiger partial charge in [-0.15, -0.1) is 0 Å². The van der Waals surface area contributed by atoms with Crippen LogP contribution in [0.15, 0.2) is 24.3 Å². The summed E-state index contributed by atoms with van der Waals surface area (Å²) in [6, 6.07) is 7.15. The number of ether oxygens (including phenoxy) is 2. The number of rotatable bonds is 6. The molecular formula is C14H19ClO3. The molecule has 2 atom stereocenters. The molecule has 1 aliphatic rings. The smallest absolute Gasteiger partial charge is 0.119 e. The van der Waals surface area contributed by atoms with Gasteiger partial charge >= 0.3 is 0 Å². The first-order chi connectivity index (χ1) is 8.74. The van der Waals surface area contributed by atoms with Gasteiger partial charge in [0.2, 0.25) is 0 Å². The van der Waals surface area contributed by atoms with E-state index in [9.17, 15) is 5.11 Å². The average molecular weight is 271 g/mol. The van der Waals surface area contributed by atoms with Crippen LogP contribution in [-0.2, 0) is 4.74 Å². The standard InChI is InChI=1S/C14H19ClO3/c15-11-3-6-14(7-4-11)18-10-12(16)5-8-13-2-1-9-17-13/h3-4,6-7,12-13,16H,1-2,5,8-10H2. The first kappa shape index (κ1) is 13.7. The number of benzene rings is 1. The van der Waals surface area contributed by atoms with Crippen LogP contribution in [-0.4, -0.2) is 30.5 Å². The van der Waals surface area contributed by atoms with Crippen LogP contribution in [0.4, 0.5) is 0 Å². The van der Waals surface area contributed by atoms with Crippen molar-refractivity contribution < 1.29 is 14.6 Å². The van der Waals surface area contributed by atoms with Gasteiger partial charge in [-0.1, -0.05) is 11.6 Å². The second kappa shape index (κ2) is 6.98. The lowest BCUT2D eigenvalue weighted by Gasteiger charge is -2.14. The molecule has 100 valence electrons. The van der Waals surface area contributed by atoms with Gasteiger partial charge in [0.15, 0.2) is 0 Å². The molecule has 1 aromatic rings.